The standard InChI is InChI=1S/C18H14ClNO2/c1-22-13-10-8-12(9-11-13)20-18(21)16-6-2-5-15-14(16)4-3-7-17(15)19/h2-11H,1H3,(H,20,21). The fraction of sp³-hybridized carbons (Fsp3) is 0.0556. The highest BCUT2D eigenvalue weighted by molar-refractivity contribution is 6.36. The molecule has 0 saturated heterocycles. The van der Waals surface area contributed by atoms with Crippen molar-refractivity contribution in [3.63, 3.8) is 0 Å². The van der Waals surface area contributed by atoms with Crippen LogP contribution in [0.5, 0.6) is 5.75 Å². The lowest BCUT2D eigenvalue weighted by Crippen LogP contribution is -2.12. The van der Waals surface area contributed by atoms with Crippen LogP contribution < -0.4 is 10.1 Å². The fourth-order valence-electron chi connectivity index (χ4n) is 2.34. The van der Waals surface area contributed by atoms with Gasteiger partial charge in [0.2, 0.25) is 0 Å². The van der Waals surface area contributed by atoms with Crippen molar-refractivity contribution in [2.24, 2.45) is 0 Å². The minimum absolute atomic E-state index is 0.168. The summed E-state index contributed by atoms with van der Waals surface area (Å²) in [5.41, 5.74) is 1.31. The van der Waals surface area contributed by atoms with E-state index in [-0.39, 0.29) is 5.91 Å². The van der Waals surface area contributed by atoms with Crippen LogP contribution in [0, 0.1) is 0 Å². The van der Waals surface area contributed by atoms with Crippen molar-refractivity contribution >= 4 is 34.0 Å². The first kappa shape index (κ1) is 14.4. The van der Waals surface area contributed by atoms with Crippen LogP contribution in [0.3, 0.4) is 0 Å². The number of rotatable bonds is 3. The van der Waals surface area contributed by atoms with Gasteiger partial charge in [-0.2, -0.15) is 0 Å². The Morgan fingerprint density at radius 2 is 1.64 bits per heavy atom. The Hall–Kier alpha value is -2.52. The normalized spacial score (nSPS) is 10.5. The molecule has 0 saturated carbocycles. The first-order valence-electron chi connectivity index (χ1n) is 6.81. The summed E-state index contributed by atoms with van der Waals surface area (Å²) in [5, 5.41) is 5.22. The summed E-state index contributed by atoms with van der Waals surface area (Å²) < 4.78 is 5.10. The van der Waals surface area contributed by atoms with Gasteiger partial charge >= 0.3 is 0 Å². The third-order valence-electron chi connectivity index (χ3n) is 3.46. The number of carbonyl (C=O) groups excluding carboxylic acids is 1. The number of methoxy groups -OCH3 is 1. The van der Waals surface area contributed by atoms with Crippen LogP contribution in [0.1, 0.15) is 10.4 Å². The summed E-state index contributed by atoms with van der Waals surface area (Å²) in [4.78, 5) is 12.5. The van der Waals surface area contributed by atoms with Gasteiger partial charge in [0, 0.05) is 21.7 Å². The average Bonchev–Trinajstić information content (AvgIpc) is 2.55. The number of anilines is 1. The molecule has 0 heterocycles. The van der Waals surface area contributed by atoms with Crippen molar-refractivity contribution in [1.29, 1.82) is 0 Å². The molecule has 3 rings (SSSR count). The van der Waals surface area contributed by atoms with Gasteiger partial charge in [-0.25, -0.2) is 0 Å². The zero-order valence-electron chi connectivity index (χ0n) is 12.0. The van der Waals surface area contributed by atoms with Gasteiger partial charge in [-0.15, -0.1) is 0 Å². The fourth-order valence-corrected chi connectivity index (χ4v) is 2.58. The molecule has 0 aliphatic rings. The number of hydrogen-bond donors (Lipinski definition) is 1. The third kappa shape index (κ3) is 2.76. The smallest absolute Gasteiger partial charge is 0.256 e. The van der Waals surface area contributed by atoms with E-state index < -0.39 is 0 Å². The summed E-state index contributed by atoms with van der Waals surface area (Å²) in [6.45, 7) is 0. The average molecular weight is 312 g/mol. The number of halogens is 1. The Bertz CT molecular complexity index is 828. The largest absolute Gasteiger partial charge is 0.497 e. The number of nitrogens with one attached hydrogen (secondary N) is 1. The lowest BCUT2D eigenvalue weighted by molar-refractivity contribution is 0.102. The van der Waals surface area contributed by atoms with E-state index in [1.165, 1.54) is 0 Å². The van der Waals surface area contributed by atoms with E-state index >= 15 is 0 Å². The molecule has 4 heteroatoms. The van der Waals surface area contributed by atoms with Crippen LogP contribution in [0.4, 0.5) is 5.69 Å². The second-order valence-corrected chi connectivity index (χ2v) is 5.23. The molecule has 3 aromatic rings. The van der Waals surface area contributed by atoms with Crippen molar-refractivity contribution in [2.75, 3.05) is 12.4 Å². The Morgan fingerprint density at radius 3 is 2.36 bits per heavy atom. The molecule has 1 N–H and O–H groups in total. The van der Waals surface area contributed by atoms with E-state index in [1.54, 1.807) is 37.4 Å². The number of fused-ring (bicyclic) bond motifs is 1. The van der Waals surface area contributed by atoms with E-state index in [0.717, 1.165) is 16.5 Å². The molecule has 1 amide bonds. The Balaban J connectivity index is 1.93. The molecular formula is C18H14ClNO2. The van der Waals surface area contributed by atoms with Gasteiger partial charge in [0.25, 0.3) is 5.91 Å². The Labute approximate surface area is 133 Å². The van der Waals surface area contributed by atoms with Crippen molar-refractivity contribution in [3.05, 3.63) is 71.2 Å². The third-order valence-corrected chi connectivity index (χ3v) is 3.79. The summed E-state index contributed by atoms with van der Waals surface area (Å²) >= 11 is 6.18. The second kappa shape index (κ2) is 6.08. The van der Waals surface area contributed by atoms with E-state index in [0.29, 0.717) is 16.3 Å². The molecule has 0 aliphatic heterocycles. The summed E-state index contributed by atoms with van der Waals surface area (Å²) in [6.07, 6.45) is 0. The Morgan fingerprint density at radius 1 is 0.955 bits per heavy atom. The van der Waals surface area contributed by atoms with Crippen LogP contribution in [0.25, 0.3) is 10.8 Å². The SMILES string of the molecule is COc1ccc(NC(=O)c2cccc3c(Cl)cccc23)cc1. The molecule has 110 valence electrons. The van der Waals surface area contributed by atoms with Gasteiger partial charge in [-0.1, -0.05) is 35.9 Å². The lowest BCUT2D eigenvalue weighted by Gasteiger charge is -2.09. The molecule has 0 bridgehead atoms. The van der Waals surface area contributed by atoms with Gasteiger partial charge in [-0.3, -0.25) is 4.79 Å². The molecule has 0 unspecified atom stereocenters. The minimum Gasteiger partial charge on any atom is -0.497 e. The molecule has 3 aromatic carbocycles. The topological polar surface area (TPSA) is 38.3 Å². The molecule has 0 aliphatic carbocycles. The predicted octanol–water partition coefficient (Wildman–Crippen LogP) is 4.75. The molecule has 0 atom stereocenters. The zero-order valence-corrected chi connectivity index (χ0v) is 12.7. The Kier molecular flexibility index (Phi) is 3.98. The van der Waals surface area contributed by atoms with Crippen molar-refractivity contribution in [3.8, 4) is 5.75 Å². The van der Waals surface area contributed by atoms with Crippen LogP contribution >= 0.6 is 11.6 Å². The van der Waals surface area contributed by atoms with Crippen LogP contribution in [0.15, 0.2) is 60.7 Å². The molecular weight excluding hydrogens is 298 g/mol. The molecule has 22 heavy (non-hydrogen) atoms. The summed E-state index contributed by atoms with van der Waals surface area (Å²) in [6, 6.07) is 18.3. The highest BCUT2D eigenvalue weighted by Crippen LogP contribution is 2.26. The van der Waals surface area contributed by atoms with Crippen LogP contribution in [0.2, 0.25) is 5.02 Å². The number of hydrogen-bond acceptors (Lipinski definition) is 2. The zero-order chi connectivity index (χ0) is 15.5. The summed E-state index contributed by atoms with van der Waals surface area (Å²) in [7, 11) is 1.60. The van der Waals surface area contributed by atoms with Gasteiger partial charge in [0.1, 0.15) is 5.75 Å². The first-order chi connectivity index (χ1) is 10.7. The van der Waals surface area contributed by atoms with Gasteiger partial charge in [0.15, 0.2) is 0 Å². The van der Waals surface area contributed by atoms with Crippen molar-refractivity contribution in [1.82, 2.24) is 0 Å². The van der Waals surface area contributed by atoms with Crippen molar-refractivity contribution < 1.29 is 9.53 Å². The number of carbonyl (C=O) groups is 1. The predicted molar refractivity (Wildman–Crippen MR) is 89.9 cm³/mol. The highest BCUT2D eigenvalue weighted by Gasteiger charge is 2.11. The van der Waals surface area contributed by atoms with E-state index in [4.69, 9.17) is 16.3 Å². The maximum atomic E-state index is 12.5. The van der Waals surface area contributed by atoms with E-state index in [2.05, 4.69) is 5.32 Å². The van der Waals surface area contributed by atoms with Crippen LogP contribution in [-0.4, -0.2) is 13.0 Å². The molecule has 3 nitrogen and oxygen atoms in total. The first-order valence-corrected chi connectivity index (χ1v) is 7.19. The maximum Gasteiger partial charge on any atom is 0.256 e. The van der Waals surface area contributed by atoms with E-state index in [1.807, 2.05) is 30.3 Å². The van der Waals surface area contributed by atoms with Crippen molar-refractivity contribution in [2.45, 2.75) is 0 Å². The van der Waals surface area contributed by atoms with Gasteiger partial charge in [0.05, 0.1) is 7.11 Å². The molecule has 0 aromatic heterocycles. The second-order valence-electron chi connectivity index (χ2n) is 4.82. The van der Waals surface area contributed by atoms with Crippen LogP contribution in [-0.2, 0) is 0 Å². The molecule has 0 radical (unpaired) electrons. The number of benzene rings is 3. The van der Waals surface area contributed by atoms with E-state index in [9.17, 15) is 4.79 Å². The number of amides is 1. The lowest BCUT2D eigenvalue weighted by atomic mass is 10.0. The molecule has 0 spiro atoms. The number of ether oxygens (including phenoxy) is 1. The summed E-state index contributed by atoms with van der Waals surface area (Å²) in [5.74, 6) is 0.577. The highest BCUT2D eigenvalue weighted by atomic mass is 35.5. The maximum absolute atomic E-state index is 12.5. The quantitative estimate of drug-likeness (QED) is 0.757. The monoisotopic (exact) mass is 311 g/mol. The van der Waals surface area contributed by atoms with Gasteiger partial charge in [-0.05, 0) is 41.8 Å². The van der Waals surface area contributed by atoms with Gasteiger partial charge < -0.3 is 10.1 Å². The minimum atomic E-state index is -0.168. The molecule has 0 fully saturated rings.